The molecule has 1 aromatic heterocycles. The van der Waals surface area contributed by atoms with Crippen molar-refractivity contribution in [1.29, 1.82) is 0 Å². The molecule has 90 valence electrons. The minimum Gasteiger partial charge on any atom is -0.269 e. The average molecular weight is 232 g/mol. The van der Waals surface area contributed by atoms with Crippen LogP contribution in [0.1, 0.15) is 49.9 Å². The Morgan fingerprint density at radius 3 is 2.50 bits per heavy atom. The molecule has 0 aliphatic heterocycles. The van der Waals surface area contributed by atoms with Gasteiger partial charge in [0.25, 0.3) is 0 Å². The zero-order chi connectivity index (χ0) is 11.8. The zero-order valence-corrected chi connectivity index (χ0v) is 9.22. The van der Waals surface area contributed by atoms with Crippen LogP contribution >= 0.6 is 0 Å². The molecular formula is C11H15F3N2. The van der Waals surface area contributed by atoms with E-state index < -0.39 is 11.9 Å². The van der Waals surface area contributed by atoms with Crippen molar-refractivity contribution in [1.82, 2.24) is 9.78 Å². The lowest BCUT2D eigenvalue weighted by molar-refractivity contribution is -0.141. The van der Waals surface area contributed by atoms with Gasteiger partial charge in [0.2, 0.25) is 0 Å². The molecule has 0 aromatic carbocycles. The molecule has 5 heteroatoms. The monoisotopic (exact) mass is 232 g/mol. The Labute approximate surface area is 92.4 Å². The Balaban J connectivity index is 2.32. The lowest BCUT2D eigenvalue weighted by Crippen LogP contribution is -2.08. The van der Waals surface area contributed by atoms with Gasteiger partial charge in [-0.3, -0.25) is 4.68 Å². The van der Waals surface area contributed by atoms with E-state index in [9.17, 15) is 13.2 Å². The molecule has 2 rings (SSSR count). The van der Waals surface area contributed by atoms with E-state index in [1.807, 2.05) is 6.92 Å². The van der Waals surface area contributed by atoms with Crippen LogP contribution in [0.25, 0.3) is 0 Å². The van der Waals surface area contributed by atoms with Crippen LogP contribution in [0.4, 0.5) is 13.2 Å². The van der Waals surface area contributed by atoms with Gasteiger partial charge in [-0.2, -0.15) is 18.3 Å². The van der Waals surface area contributed by atoms with Crippen LogP contribution in [0.5, 0.6) is 0 Å². The number of nitrogens with zero attached hydrogens (tertiary/aromatic N) is 2. The van der Waals surface area contributed by atoms with Crippen LogP contribution < -0.4 is 0 Å². The Bertz CT molecular complexity index is 362. The number of aromatic nitrogens is 2. The van der Waals surface area contributed by atoms with Crippen molar-refractivity contribution in [2.24, 2.45) is 0 Å². The molecule has 1 aromatic rings. The SMILES string of the molecule is CCn1nc(C(F)(F)F)cc1C1CCCC1. The van der Waals surface area contributed by atoms with Crippen molar-refractivity contribution in [3.63, 3.8) is 0 Å². The van der Waals surface area contributed by atoms with Crippen molar-refractivity contribution >= 4 is 0 Å². The van der Waals surface area contributed by atoms with Crippen LogP contribution in [-0.4, -0.2) is 9.78 Å². The topological polar surface area (TPSA) is 17.8 Å². The van der Waals surface area contributed by atoms with Crippen molar-refractivity contribution in [3.8, 4) is 0 Å². The second kappa shape index (κ2) is 4.11. The minimum atomic E-state index is -4.33. The summed E-state index contributed by atoms with van der Waals surface area (Å²) in [7, 11) is 0. The van der Waals surface area contributed by atoms with Crippen LogP contribution in [0.2, 0.25) is 0 Å². The summed E-state index contributed by atoms with van der Waals surface area (Å²) in [6.07, 6.45) is -0.123. The van der Waals surface area contributed by atoms with Gasteiger partial charge < -0.3 is 0 Å². The van der Waals surface area contributed by atoms with Crippen molar-refractivity contribution < 1.29 is 13.2 Å². The maximum absolute atomic E-state index is 12.5. The van der Waals surface area contributed by atoms with Gasteiger partial charge in [-0.25, -0.2) is 0 Å². The van der Waals surface area contributed by atoms with Gasteiger partial charge >= 0.3 is 6.18 Å². The summed E-state index contributed by atoms with van der Waals surface area (Å²) in [6, 6.07) is 1.22. The lowest BCUT2D eigenvalue weighted by atomic mass is 10.0. The molecule has 0 saturated heterocycles. The van der Waals surface area contributed by atoms with Crippen LogP contribution in [0.15, 0.2) is 6.07 Å². The van der Waals surface area contributed by atoms with Gasteiger partial charge in [-0.1, -0.05) is 12.8 Å². The van der Waals surface area contributed by atoms with Crippen molar-refractivity contribution in [3.05, 3.63) is 17.5 Å². The summed E-state index contributed by atoms with van der Waals surface area (Å²) in [5, 5.41) is 3.64. The minimum absolute atomic E-state index is 0.267. The zero-order valence-electron chi connectivity index (χ0n) is 9.22. The Hall–Kier alpha value is -1.00. The Morgan fingerprint density at radius 2 is 2.00 bits per heavy atom. The predicted octanol–water partition coefficient (Wildman–Crippen LogP) is 3.58. The predicted molar refractivity (Wildman–Crippen MR) is 54.1 cm³/mol. The van der Waals surface area contributed by atoms with Gasteiger partial charge in [0, 0.05) is 18.2 Å². The van der Waals surface area contributed by atoms with Gasteiger partial charge in [-0.05, 0) is 25.8 Å². The first-order chi connectivity index (χ1) is 7.52. The van der Waals surface area contributed by atoms with Gasteiger partial charge in [0.05, 0.1) is 0 Å². The molecular weight excluding hydrogens is 217 g/mol. The summed E-state index contributed by atoms with van der Waals surface area (Å²) >= 11 is 0. The second-order valence-electron chi connectivity index (χ2n) is 4.25. The normalized spacial score (nSPS) is 18.2. The average Bonchev–Trinajstić information content (AvgIpc) is 2.85. The molecule has 1 heterocycles. The first-order valence-corrected chi connectivity index (χ1v) is 5.67. The van der Waals surface area contributed by atoms with Crippen molar-refractivity contribution in [2.45, 2.75) is 51.2 Å². The lowest BCUT2D eigenvalue weighted by Gasteiger charge is -2.10. The van der Waals surface area contributed by atoms with E-state index in [1.54, 1.807) is 0 Å². The van der Waals surface area contributed by atoms with Gasteiger partial charge in [0.1, 0.15) is 0 Å². The molecule has 0 radical (unpaired) electrons. The maximum atomic E-state index is 12.5. The maximum Gasteiger partial charge on any atom is 0.435 e. The molecule has 1 aliphatic carbocycles. The standard InChI is InChI=1S/C11H15F3N2/c1-2-16-9(8-5-3-4-6-8)7-10(15-16)11(12,13)14/h7-8H,2-6H2,1H3. The fourth-order valence-electron chi connectivity index (χ4n) is 2.37. The van der Waals surface area contributed by atoms with Crippen LogP contribution in [0.3, 0.4) is 0 Å². The largest absolute Gasteiger partial charge is 0.435 e. The molecule has 0 bridgehead atoms. The molecule has 0 spiro atoms. The number of rotatable bonds is 2. The fraction of sp³-hybridized carbons (Fsp3) is 0.727. The third kappa shape index (κ3) is 2.08. The Kier molecular flexibility index (Phi) is 2.95. The molecule has 0 amide bonds. The van der Waals surface area contributed by atoms with E-state index in [4.69, 9.17) is 0 Å². The highest BCUT2D eigenvalue weighted by molar-refractivity contribution is 5.18. The number of alkyl halides is 3. The molecule has 16 heavy (non-hydrogen) atoms. The number of halogens is 3. The van der Waals surface area contributed by atoms with E-state index >= 15 is 0 Å². The molecule has 1 aliphatic rings. The first-order valence-electron chi connectivity index (χ1n) is 5.67. The third-order valence-corrected chi connectivity index (χ3v) is 3.17. The summed E-state index contributed by atoms with van der Waals surface area (Å²) in [5.41, 5.74) is 0.00331. The summed E-state index contributed by atoms with van der Waals surface area (Å²) in [4.78, 5) is 0. The van der Waals surface area contributed by atoms with Gasteiger partial charge in [-0.15, -0.1) is 0 Å². The van der Waals surface area contributed by atoms with E-state index in [0.29, 0.717) is 6.54 Å². The number of hydrogen-bond donors (Lipinski definition) is 0. The van der Waals surface area contributed by atoms with E-state index in [-0.39, 0.29) is 5.92 Å². The highest BCUT2D eigenvalue weighted by Crippen LogP contribution is 2.37. The summed E-state index contributed by atoms with van der Waals surface area (Å²) in [6.45, 7) is 2.33. The highest BCUT2D eigenvalue weighted by Gasteiger charge is 2.36. The van der Waals surface area contributed by atoms with E-state index in [0.717, 1.165) is 31.4 Å². The second-order valence-corrected chi connectivity index (χ2v) is 4.25. The molecule has 1 fully saturated rings. The third-order valence-electron chi connectivity index (χ3n) is 3.17. The van der Waals surface area contributed by atoms with Crippen LogP contribution in [0, 0.1) is 0 Å². The van der Waals surface area contributed by atoms with E-state index in [1.165, 1.54) is 10.7 Å². The smallest absolute Gasteiger partial charge is 0.269 e. The molecule has 1 saturated carbocycles. The first kappa shape index (κ1) is 11.5. The Morgan fingerprint density at radius 1 is 1.38 bits per heavy atom. The quantitative estimate of drug-likeness (QED) is 0.762. The number of hydrogen-bond acceptors (Lipinski definition) is 1. The number of aryl methyl sites for hydroxylation is 1. The van der Waals surface area contributed by atoms with Crippen LogP contribution in [-0.2, 0) is 12.7 Å². The van der Waals surface area contributed by atoms with Crippen molar-refractivity contribution in [2.75, 3.05) is 0 Å². The van der Waals surface area contributed by atoms with Gasteiger partial charge in [0.15, 0.2) is 5.69 Å². The summed E-state index contributed by atoms with van der Waals surface area (Å²) in [5.74, 6) is 0.267. The van der Waals surface area contributed by atoms with E-state index in [2.05, 4.69) is 5.10 Å². The molecule has 0 atom stereocenters. The highest BCUT2D eigenvalue weighted by atomic mass is 19.4. The fourth-order valence-corrected chi connectivity index (χ4v) is 2.37. The molecule has 0 N–H and O–H groups in total. The molecule has 2 nitrogen and oxygen atoms in total. The summed E-state index contributed by atoms with van der Waals surface area (Å²) < 4.78 is 39.1. The molecule has 0 unspecified atom stereocenters.